The molecule has 5 aliphatic rings. The van der Waals surface area contributed by atoms with Crippen molar-refractivity contribution in [1.82, 2.24) is 4.90 Å². The van der Waals surface area contributed by atoms with Crippen LogP contribution in [0.3, 0.4) is 0 Å². The van der Waals surface area contributed by atoms with E-state index in [-0.39, 0.29) is 41.9 Å². The Morgan fingerprint density at radius 1 is 0.939 bits per heavy atom. The highest BCUT2D eigenvalue weighted by atomic mass is 35.5. The van der Waals surface area contributed by atoms with Crippen LogP contribution in [0, 0.1) is 35.5 Å². The van der Waals surface area contributed by atoms with E-state index < -0.39 is 11.9 Å². The van der Waals surface area contributed by atoms with Gasteiger partial charge in [-0.1, -0.05) is 65.7 Å². The number of imide groups is 1. The number of benzene rings is 2. The largest absolute Gasteiger partial charge is 0.324 e. The zero-order valence-corrected chi connectivity index (χ0v) is 19.2. The summed E-state index contributed by atoms with van der Waals surface area (Å²) in [6.45, 7) is 0. The van der Waals surface area contributed by atoms with Crippen molar-refractivity contribution in [3.05, 3.63) is 76.3 Å². The van der Waals surface area contributed by atoms with E-state index in [0.717, 1.165) is 12.0 Å². The van der Waals surface area contributed by atoms with Crippen LogP contribution >= 0.6 is 23.2 Å². The maximum atomic E-state index is 13.6. The van der Waals surface area contributed by atoms with Gasteiger partial charge in [0.1, 0.15) is 6.04 Å². The second kappa shape index (κ2) is 7.71. The topological polar surface area (TPSA) is 66.5 Å². The van der Waals surface area contributed by atoms with Crippen LogP contribution in [0.5, 0.6) is 0 Å². The fraction of sp³-hybridized carbons (Fsp3) is 0.346. The number of hydrogen-bond acceptors (Lipinski definition) is 3. The van der Waals surface area contributed by atoms with Crippen molar-refractivity contribution in [3.63, 3.8) is 0 Å². The average molecular weight is 481 g/mol. The second-order valence-electron chi connectivity index (χ2n) is 9.52. The van der Waals surface area contributed by atoms with E-state index in [1.54, 1.807) is 18.2 Å². The maximum Gasteiger partial charge on any atom is 0.248 e. The lowest BCUT2D eigenvalue weighted by molar-refractivity contribution is -0.146. The first-order valence-corrected chi connectivity index (χ1v) is 12.0. The highest BCUT2D eigenvalue weighted by Crippen LogP contribution is 2.65. The Kier molecular flexibility index (Phi) is 4.89. The predicted molar refractivity (Wildman–Crippen MR) is 126 cm³/mol. The fourth-order valence-electron chi connectivity index (χ4n) is 6.23. The number of halogens is 2. The quantitative estimate of drug-likeness (QED) is 0.502. The first-order valence-electron chi connectivity index (χ1n) is 11.3. The number of rotatable bonds is 5. The van der Waals surface area contributed by atoms with Gasteiger partial charge in [-0.15, -0.1) is 0 Å². The van der Waals surface area contributed by atoms with Gasteiger partial charge in [0.15, 0.2) is 0 Å². The van der Waals surface area contributed by atoms with E-state index in [9.17, 15) is 14.4 Å². The number of hydrogen-bond donors (Lipinski definition) is 1. The van der Waals surface area contributed by atoms with Crippen LogP contribution in [0.4, 0.5) is 5.69 Å². The summed E-state index contributed by atoms with van der Waals surface area (Å²) < 4.78 is 0. The van der Waals surface area contributed by atoms with Gasteiger partial charge in [-0.05, 0) is 53.9 Å². The van der Waals surface area contributed by atoms with Crippen LogP contribution in [0.2, 0.25) is 10.0 Å². The molecule has 0 aromatic heterocycles. The Balaban J connectivity index is 1.33. The van der Waals surface area contributed by atoms with E-state index >= 15 is 0 Å². The molecule has 0 radical (unpaired) electrons. The van der Waals surface area contributed by atoms with Gasteiger partial charge in [-0.3, -0.25) is 19.3 Å². The Hall–Kier alpha value is -2.63. The first-order chi connectivity index (χ1) is 15.9. The van der Waals surface area contributed by atoms with Gasteiger partial charge >= 0.3 is 0 Å². The van der Waals surface area contributed by atoms with E-state index in [4.69, 9.17) is 23.2 Å². The van der Waals surface area contributed by atoms with Crippen LogP contribution in [-0.2, 0) is 20.8 Å². The van der Waals surface area contributed by atoms with Crippen molar-refractivity contribution in [2.45, 2.75) is 18.9 Å². The molecule has 1 saturated heterocycles. The van der Waals surface area contributed by atoms with Crippen molar-refractivity contribution >= 4 is 46.6 Å². The Bertz CT molecular complexity index is 1160. The standard InChI is InChI=1S/C26H22Cl2N2O3/c27-19-9-6-14(11-20(19)28)29-24(31)21(10-13-4-2-1-3-5-13)30-25(32)22-15-7-8-16(18-12-17(15)18)23(22)26(30)33/h1-9,11,15-18,21-23H,10,12H2,(H,29,31)/t15-,16-,17-,18+,21-,22-,23+/m0/s1. The summed E-state index contributed by atoms with van der Waals surface area (Å²) in [6, 6.07) is 13.3. The third kappa shape index (κ3) is 3.32. The first kappa shape index (κ1) is 20.9. The lowest BCUT2D eigenvalue weighted by atomic mass is 9.63. The molecule has 2 aromatic carbocycles. The molecule has 0 spiro atoms. The molecule has 3 amide bonds. The molecule has 7 atom stereocenters. The monoisotopic (exact) mass is 480 g/mol. The van der Waals surface area contributed by atoms with Gasteiger partial charge in [-0.2, -0.15) is 0 Å². The summed E-state index contributed by atoms with van der Waals surface area (Å²) in [5.74, 6) is -0.266. The molecule has 3 fully saturated rings. The number of anilines is 1. The highest BCUT2D eigenvalue weighted by molar-refractivity contribution is 6.42. The number of likely N-dealkylation sites (tertiary alicyclic amines) is 1. The number of carbonyl (C=O) groups is 3. The summed E-state index contributed by atoms with van der Waals surface area (Å²) in [7, 11) is 0. The molecular formula is C26H22Cl2N2O3. The molecule has 7 rings (SSSR count). The van der Waals surface area contributed by atoms with Crippen LogP contribution in [0.25, 0.3) is 0 Å². The summed E-state index contributed by atoms with van der Waals surface area (Å²) in [5, 5.41) is 3.54. The maximum absolute atomic E-state index is 13.6. The third-order valence-corrected chi connectivity index (χ3v) is 8.51. The number of nitrogens with one attached hydrogen (secondary N) is 1. The van der Waals surface area contributed by atoms with Crippen LogP contribution in [0.15, 0.2) is 60.7 Å². The van der Waals surface area contributed by atoms with Gasteiger partial charge in [0.05, 0.1) is 21.9 Å². The Morgan fingerprint density at radius 3 is 2.18 bits per heavy atom. The lowest BCUT2D eigenvalue weighted by Gasteiger charge is -2.37. The smallest absolute Gasteiger partial charge is 0.248 e. The fourth-order valence-corrected chi connectivity index (χ4v) is 6.52. The molecule has 168 valence electrons. The molecule has 2 saturated carbocycles. The Labute approximate surface area is 201 Å². The van der Waals surface area contributed by atoms with Crippen LogP contribution in [0.1, 0.15) is 12.0 Å². The van der Waals surface area contributed by atoms with Crippen LogP contribution in [-0.4, -0.2) is 28.7 Å². The van der Waals surface area contributed by atoms with E-state index in [2.05, 4.69) is 17.5 Å². The number of allylic oxidation sites excluding steroid dienone is 2. The van der Waals surface area contributed by atoms with Gasteiger partial charge in [0.25, 0.3) is 0 Å². The minimum atomic E-state index is -0.941. The van der Waals surface area contributed by atoms with Crippen LogP contribution < -0.4 is 5.32 Å². The van der Waals surface area contributed by atoms with Crippen molar-refractivity contribution in [2.24, 2.45) is 35.5 Å². The molecular weight excluding hydrogens is 459 g/mol. The van der Waals surface area contributed by atoms with E-state index in [1.165, 1.54) is 4.90 Å². The second-order valence-corrected chi connectivity index (χ2v) is 10.3. The molecule has 0 unspecified atom stereocenters. The minimum Gasteiger partial charge on any atom is -0.324 e. The molecule has 7 heteroatoms. The van der Waals surface area contributed by atoms with E-state index in [0.29, 0.717) is 27.6 Å². The van der Waals surface area contributed by atoms with Gasteiger partial charge < -0.3 is 5.32 Å². The summed E-state index contributed by atoms with van der Waals surface area (Å²) in [6.07, 6.45) is 5.62. The Morgan fingerprint density at radius 2 is 1.58 bits per heavy atom. The molecule has 1 N–H and O–H groups in total. The number of nitrogens with zero attached hydrogens (tertiary/aromatic N) is 1. The molecule has 1 aliphatic heterocycles. The third-order valence-electron chi connectivity index (χ3n) is 7.77. The SMILES string of the molecule is O=C(Nc1ccc(Cl)c(Cl)c1)[C@H](Cc1ccccc1)N1C(=O)[C@@H]2[C@H]3C=C[C@@H]([C@@H]4C[C@H]34)[C@@H]2C1=O. The molecule has 4 aliphatic carbocycles. The molecule has 2 aromatic rings. The molecule has 2 bridgehead atoms. The molecule has 1 heterocycles. The number of carbonyl (C=O) groups excluding carboxylic acids is 3. The molecule has 5 nitrogen and oxygen atoms in total. The summed E-state index contributed by atoms with van der Waals surface area (Å²) in [4.78, 5) is 42.0. The van der Waals surface area contributed by atoms with Crippen molar-refractivity contribution < 1.29 is 14.4 Å². The van der Waals surface area contributed by atoms with Crippen molar-refractivity contribution in [3.8, 4) is 0 Å². The molecule has 33 heavy (non-hydrogen) atoms. The number of amides is 3. The van der Waals surface area contributed by atoms with Gasteiger partial charge in [0.2, 0.25) is 17.7 Å². The lowest BCUT2D eigenvalue weighted by Crippen LogP contribution is -2.49. The predicted octanol–water partition coefficient (Wildman–Crippen LogP) is 4.60. The summed E-state index contributed by atoms with van der Waals surface area (Å²) >= 11 is 12.1. The normalized spacial score (nSPS) is 31.9. The average Bonchev–Trinajstić information content (AvgIpc) is 3.59. The highest BCUT2D eigenvalue weighted by Gasteiger charge is 2.67. The van der Waals surface area contributed by atoms with Gasteiger partial charge in [-0.25, -0.2) is 0 Å². The van der Waals surface area contributed by atoms with Crippen molar-refractivity contribution in [1.29, 1.82) is 0 Å². The minimum absolute atomic E-state index is 0.113. The summed E-state index contributed by atoms with van der Waals surface area (Å²) in [5.41, 5.74) is 1.35. The van der Waals surface area contributed by atoms with E-state index in [1.807, 2.05) is 30.3 Å². The zero-order chi connectivity index (χ0) is 22.9. The van der Waals surface area contributed by atoms with Gasteiger partial charge in [0, 0.05) is 12.1 Å². The van der Waals surface area contributed by atoms with Crippen molar-refractivity contribution in [2.75, 3.05) is 5.32 Å². The zero-order valence-electron chi connectivity index (χ0n) is 17.7.